The van der Waals surface area contributed by atoms with E-state index in [4.69, 9.17) is 44.3 Å². The smallest absolute Gasteiger partial charge is 0.343 e. The van der Waals surface area contributed by atoms with Gasteiger partial charge in [-0.15, -0.1) is 0 Å². The molecule has 2 rings (SSSR count). The predicted octanol–water partition coefficient (Wildman–Crippen LogP) is 5.43. The molecule has 24 heavy (non-hydrogen) atoms. The molecule has 0 radical (unpaired) electrons. The first-order valence-electron chi connectivity index (χ1n) is 7.06. The Labute approximate surface area is 154 Å². The molecule has 2 aromatic rings. The van der Waals surface area contributed by atoms with E-state index in [1.54, 1.807) is 12.1 Å². The van der Waals surface area contributed by atoms with Gasteiger partial charge in [0.1, 0.15) is 5.02 Å². The number of halogens is 3. The topological polar surface area (TPSA) is 52.6 Å². The van der Waals surface area contributed by atoms with Gasteiger partial charge in [-0.2, -0.15) is 0 Å². The fourth-order valence-electron chi connectivity index (χ4n) is 1.82. The minimum Gasteiger partial charge on any atom is -0.462 e. The third kappa shape index (κ3) is 4.63. The number of hydrogen-bond donors (Lipinski definition) is 0. The number of hydrogen-bond acceptors (Lipinski definition) is 4. The Balaban J connectivity index is 2.20. The summed E-state index contributed by atoms with van der Waals surface area (Å²) < 4.78 is 10.3. The molecule has 0 heterocycles. The normalized spacial score (nSPS) is 10.3. The zero-order valence-corrected chi connectivity index (χ0v) is 14.9. The van der Waals surface area contributed by atoms with E-state index >= 15 is 0 Å². The number of rotatable bonds is 5. The molecule has 0 fully saturated rings. The molecule has 0 saturated heterocycles. The summed E-state index contributed by atoms with van der Waals surface area (Å²) in [5.74, 6) is -1.16. The Morgan fingerprint density at radius 2 is 1.67 bits per heavy atom. The first-order valence-corrected chi connectivity index (χ1v) is 8.19. The number of carbonyl (C=O) groups excluding carboxylic acids is 2. The first kappa shape index (κ1) is 18.6. The van der Waals surface area contributed by atoms with Gasteiger partial charge in [0.05, 0.1) is 22.8 Å². The second-order valence-electron chi connectivity index (χ2n) is 4.81. The van der Waals surface area contributed by atoms with E-state index in [2.05, 4.69) is 0 Å². The first-order chi connectivity index (χ1) is 11.4. The summed E-state index contributed by atoms with van der Waals surface area (Å²) >= 11 is 17.8. The Morgan fingerprint density at radius 1 is 1.00 bits per heavy atom. The van der Waals surface area contributed by atoms with Crippen LogP contribution in [0.5, 0.6) is 5.75 Å². The van der Waals surface area contributed by atoms with Gasteiger partial charge < -0.3 is 9.47 Å². The molecule has 0 aliphatic heterocycles. The molecule has 0 N–H and O–H groups in total. The van der Waals surface area contributed by atoms with E-state index in [-0.39, 0.29) is 31.9 Å². The van der Waals surface area contributed by atoms with Gasteiger partial charge in [-0.25, -0.2) is 9.59 Å². The van der Waals surface area contributed by atoms with Crippen molar-refractivity contribution in [3.63, 3.8) is 0 Å². The van der Waals surface area contributed by atoms with Crippen molar-refractivity contribution in [2.75, 3.05) is 6.61 Å². The summed E-state index contributed by atoms with van der Waals surface area (Å²) in [6.07, 6.45) is 0.710. The number of benzene rings is 2. The van der Waals surface area contributed by atoms with Crippen LogP contribution in [-0.2, 0) is 4.74 Å². The number of esters is 2. The Bertz CT molecular complexity index is 774. The molecule has 0 aliphatic carbocycles. The molecule has 0 spiro atoms. The molecule has 0 saturated carbocycles. The van der Waals surface area contributed by atoms with Crippen LogP contribution in [0.25, 0.3) is 0 Å². The highest BCUT2D eigenvalue weighted by atomic mass is 35.5. The molecule has 2 aromatic carbocycles. The molecule has 0 amide bonds. The second kappa shape index (κ2) is 8.38. The highest BCUT2D eigenvalue weighted by Gasteiger charge is 2.16. The minimum absolute atomic E-state index is 0.0399. The zero-order chi connectivity index (χ0) is 17.7. The van der Waals surface area contributed by atoms with Crippen LogP contribution < -0.4 is 4.74 Å². The molecule has 4 nitrogen and oxygen atoms in total. The molecular weight excluding hydrogens is 375 g/mol. The molecule has 0 unspecified atom stereocenters. The second-order valence-corrected chi connectivity index (χ2v) is 6.03. The number of carbonyl (C=O) groups is 2. The van der Waals surface area contributed by atoms with E-state index < -0.39 is 11.9 Å². The third-order valence-electron chi connectivity index (χ3n) is 2.93. The number of ether oxygens (including phenoxy) is 2. The van der Waals surface area contributed by atoms with Crippen molar-refractivity contribution in [1.82, 2.24) is 0 Å². The molecule has 0 aromatic heterocycles. The van der Waals surface area contributed by atoms with Crippen LogP contribution in [-0.4, -0.2) is 18.5 Å². The lowest BCUT2D eigenvalue weighted by molar-refractivity contribution is 0.0505. The maximum absolute atomic E-state index is 12.3. The van der Waals surface area contributed by atoms with Crippen LogP contribution in [0.4, 0.5) is 0 Å². The van der Waals surface area contributed by atoms with E-state index in [9.17, 15) is 9.59 Å². The lowest BCUT2D eigenvalue weighted by Gasteiger charge is -2.09. The van der Waals surface area contributed by atoms with E-state index in [1.165, 1.54) is 24.3 Å². The van der Waals surface area contributed by atoms with Gasteiger partial charge in [-0.05, 0) is 30.7 Å². The monoisotopic (exact) mass is 386 g/mol. The average Bonchev–Trinajstić information content (AvgIpc) is 2.57. The van der Waals surface area contributed by atoms with Crippen LogP contribution in [0.15, 0.2) is 36.4 Å². The predicted molar refractivity (Wildman–Crippen MR) is 93.4 cm³/mol. The van der Waals surface area contributed by atoms with Gasteiger partial charge in [-0.3, -0.25) is 0 Å². The molecule has 7 heteroatoms. The molecule has 0 aliphatic rings. The van der Waals surface area contributed by atoms with Crippen molar-refractivity contribution >= 4 is 46.7 Å². The van der Waals surface area contributed by atoms with E-state index in [0.29, 0.717) is 13.0 Å². The van der Waals surface area contributed by atoms with Crippen molar-refractivity contribution < 1.29 is 19.1 Å². The summed E-state index contributed by atoms with van der Waals surface area (Å²) in [4.78, 5) is 24.1. The van der Waals surface area contributed by atoms with Crippen molar-refractivity contribution in [1.29, 1.82) is 0 Å². The van der Waals surface area contributed by atoms with Gasteiger partial charge in [-0.1, -0.05) is 47.8 Å². The van der Waals surface area contributed by atoms with Gasteiger partial charge in [0, 0.05) is 11.1 Å². The summed E-state index contributed by atoms with van der Waals surface area (Å²) in [7, 11) is 0. The fourth-order valence-corrected chi connectivity index (χ4v) is 2.44. The Kier molecular flexibility index (Phi) is 6.49. The van der Waals surface area contributed by atoms with Crippen molar-refractivity contribution in [2.24, 2.45) is 0 Å². The summed E-state index contributed by atoms with van der Waals surface area (Å²) in [5.41, 5.74) is 0.432. The highest BCUT2D eigenvalue weighted by Crippen LogP contribution is 2.35. The zero-order valence-electron chi connectivity index (χ0n) is 12.6. The maximum atomic E-state index is 12.3. The van der Waals surface area contributed by atoms with Gasteiger partial charge >= 0.3 is 11.9 Å². The van der Waals surface area contributed by atoms with Crippen LogP contribution in [0.1, 0.15) is 34.1 Å². The molecule has 0 atom stereocenters. The van der Waals surface area contributed by atoms with Crippen molar-refractivity contribution in [2.45, 2.75) is 13.3 Å². The van der Waals surface area contributed by atoms with Gasteiger partial charge in [0.15, 0.2) is 5.75 Å². The largest absolute Gasteiger partial charge is 0.462 e. The van der Waals surface area contributed by atoms with E-state index in [0.717, 1.165) is 0 Å². The van der Waals surface area contributed by atoms with Gasteiger partial charge in [0.2, 0.25) is 0 Å². The third-order valence-corrected chi connectivity index (χ3v) is 3.94. The minimum atomic E-state index is -0.694. The lowest BCUT2D eigenvalue weighted by atomic mass is 10.1. The molecular formula is C17H13Cl3O4. The van der Waals surface area contributed by atoms with Gasteiger partial charge in [0.25, 0.3) is 0 Å². The summed E-state index contributed by atoms with van der Waals surface area (Å²) in [6, 6.07) is 8.84. The van der Waals surface area contributed by atoms with Crippen molar-refractivity contribution in [3.8, 4) is 5.75 Å². The fraction of sp³-hybridized carbons (Fsp3) is 0.176. The Morgan fingerprint density at radius 3 is 2.33 bits per heavy atom. The van der Waals surface area contributed by atoms with Crippen LogP contribution in [0.3, 0.4) is 0 Å². The SMILES string of the molecule is CCCOC(=O)c1cccc(C(=O)Oc2cc(Cl)cc(Cl)c2Cl)c1. The molecule has 126 valence electrons. The Hall–Kier alpha value is -1.75. The quantitative estimate of drug-likeness (QED) is 0.390. The summed E-state index contributed by atoms with van der Waals surface area (Å²) in [6.45, 7) is 2.20. The maximum Gasteiger partial charge on any atom is 0.343 e. The summed E-state index contributed by atoms with van der Waals surface area (Å²) in [5, 5.41) is 0.529. The lowest BCUT2D eigenvalue weighted by Crippen LogP contribution is -2.11. The van der Waals surface area contributed by atoms with Crippen LogP contribution in [0.2, 0.25) is 15.1 Å². The van der Waals surface area contributed by atoms with Crippen molar-refractivity contribution in [3.05, 3.63) is 62.6 Å². The van der Waals surface area contributed by atoms with Crippen LogP contribution in [0, 0.1) is 0 Å². The standard InChI is InChI=1S/C17H13Cl3O4/c1-2-6-23-16(21)10-4-3-5-11(7-10)17(22)24-14-9-12(18)8-13(19)15(14)20/h3-5,7-9H,2,6H2,1H3. The van der Waals surface area contributed by atoms with Crippen LogP contribution >= 0.6 is 34.8 Å². The van der Waals surface area contributed by atoms with E-state index in [1.807, 2.05) is 6.92 Å². The molecule has 0 bridgehead atoms. The average molecular weight is 388 g/mol. The highest BCUT2D eigenvalue weighted by molar-refractivity contribution is 6.44.